The molecule has 0 amide bonds. The van der Waals surface area contributed by atoms with Crippen LogP contribution in [0, 0.1) is 0 Å². The minimum atomic E-state index is -4.67. The van der Waals surface area contributed by atoms with Gasteiger partial charge in [-0.25, -0.2) is 8.42 Å². The molecule has 0 saturated carbocycles. The first-order valence-electron chi connectivity index (χ1n) is 3.52. The molecule has 9 heteroatoms. The van der Waals surface area contributed by atoms with Gasteiger partial charge in [0, 0.05) is 0 Å². The smallest absolute Gasteiger partial charge is 0.221 e. The number of rotatable bonds is 3. The van der Waals surface area contributed by atoms with Crippen molar-refractivity contribution in [2.75, 3.05) is 5.75 Å². The van der Waals surface area contributed by atoms with E-state index in [0.717, 1.165) is 6.08 Å². The van der Waals surface area contributed by atoms with Crippen molar-refractivity contribution in [1.29, 1.82) is 0 Å². The zero-order chi connectivity index (χ0) is 11.7. The maximum Gasteiger partial charge on any atom is 0.445 e. The molecule has 0 radical (unpaired) electrons. The van der Waals surface area contributed by atoms with Gasteiger partial charge >= 0.3 is 6.18 Å². The number of halogens is 3. The highest BCUT2D eigenvalue weighted by Gasteiger charge is 2.37. The Bertz CT molecular complexity index is 463. The largest absolute Gasteiger partial charge is 0.445 e. The first-order chi connectivity index (χ1) is 6.77. The van der Waals surface area contributed by atoms with Gasteiger partial charge in [0.25, 0.3) is 0 Å². The summed E-state index contributed by atoms with van der Waals surface area (Å²) in [6.45, 7) is 3.18. The van der Waals surface area contributed by atoms with Gasteiger partial charge in [-0.05, 0) is 0 Å². The molecule has 0 saturated heterocycles. The van der Waals surface area contributed by atoms with Crippen LogP contribution in [-0.2, 0) is 16.0 Å². The van der Waals surface area contributed by atoms with Gasteiger partial charge in [-0.2, -0.15) is 13.2 Å². The molecule has 0 spiro atoms. The summed E-state index contributed by atoms with van der Waals surface area (Å²) >= 11 is 0.00375. The van der Waals surface area contributed by atoms with Gasteiger partial charge < -0.3 is 0 Å². The molecule has 1 aromatic heterocycles. The average Bonchev–Trinajstić information content (AvgIpc) is 2.50. The van der Waals surface area contributed by atoms with Crippen LogP contribution in [0.5, 0.6) is 0 Å². The second-order valence-corrected chi connectivity index (χ2v) is 5.63. The van der Waals surface area contributed by atoms with E-state index in [-0.39, 0.29) is 11.3 Å². The topological polar surface area (TPSA) is 59.9 Å². The summed E-state index contributed by atoms with van der Waals surface area (Å²) in [6, 6.07) is 0. The summed E-state index contributed by atoms with van der Waals surface area (Å²) in [6.07, 6.45) is -3.59. The zero-order valence-corrected chi connectivity index (χ0v) is 8.79. The number of nitrogens with zero attached hydrogens (tertiary/aromatic N) is 2. The van der Waals surface area contributed by atoms with Crippen LogP contribution in [-0.4, -0.2) is 24.4 Å². The van der Waals surface area contributed by atoms with Crippen LogP contribution in [0.25, 0.3) is 0 Å². The molecule has 0 unspecified atom stereocenters. The fraction of sp³-hybridized carbons (Fsp3) is 0.333. The van der Waals surface area contributed by atoms with Crippen molar-refractivity contribution in [3.8, 4) is 0 Å². The molecule has 0 atom stereocenters. The Balaban J connectivity index is 3.10. The van der Waals surface area contributed by atoms with Gasteiger partial charge in [-0.15, -0.1) is 16.8 Å². The van der Waals surface area contributed by atoms with Crippen molar-refractivity contribution in [2.24, 2.45) is 0 Å². The predicted octanol–water partition coefficient (Wildman–Crippen LogP) is 1.52. The SMILES string of the molecule is C=CCS(=O)(=O)c1nnc(C(F)(F)F)s1. The quantitative estimate of drug-likeness (QED) is 0.771. The van der Waals surface area contributed by atoms with E-state index in [1.165, 1.54) is 0 Å². The highest BCUT2D eigenvalue weighted by molar-refractivity contribution is 7.93. The Morgan fingerprint density at radius 3 is 2.40 bits per heavy atom. The summed E-state index contributed by atoms with van der Waals surface area (Å²) in [5.74, 6) is -0.459. The van der Waals surface area contributed by atoms with Crippen molar-refractivity contribution in [3.63, 3.8) is 0 Å². The van der Waals surface area contributed by atoms with E-state index in [4.69, 9.17) is 0 Å². The lowest BCUT2D eigenvalue weighted by Gasteiger charge is -1.97. The molecule has 1 rings (SSSR count). The number of hydrogen-bond acceptors (Lipinski definition) is 5. The summed E-state index contributed by atoms with van der Waals surface area (Å²) in [5.41, 5.74) is 0. The normalized spacial score (nSPS) is 12.7. The Labute approximate surface area is 87.4 Å². The van der Waals surface area contributed by atoms with Crippen LogP contribution in [0.4, 0.5) is 13.2 Å². The molecule has 0 aliphatic carbocycles. The van der Waals surface area contributed by atoms with Crippen LogP contribution in [0.15, 0.2) is 17.0 Å². The second kappa shape index (κ2) is 3.89. The summed E-state index contributed by atoms with van der Waals surface area (Å²) in [5, 5.41) is 4.48. The van der Waals surface area contributed by atoms with E-state index in [9.17, 15) is 21.6 Å². The molecule has 0 aliphatic heterocycles. The Morgan fingerprint density at radius 1 is 1.40 bits per heavy atom. The molecule has 1 aromatic rings. The number of aromatic nitrogens is 2. The molecule has 0 fully saturated rings. The fourth-order valence-corrected chi connectivity index (χ4v) is 2.69. The highest BCUT2D eigenvalue weighted by atomic mass is 32.2. The predicted molar refractivity (Wildman–Crippen MR) is 47.2 cm³/mol. The van der Waals surface area contributed by atoms with E-state index in [1.54, 1.807) is 0 Å². The molecule has 15 heavy (non-hydrogen) atoms. The van der Waals surface area contributed by atoms with Gasteiger partial charge in [0.2, 0.25) is 19.2 Å². The van der Waals surface area contributed by atoms with Gasteiger partial charge in [0.15, 0.2) is 0 Å². The second-order valence-electron chi connectivity index (χ2n) is 2.44. The lowest BCUT2D eigenvalue weighted by Crippen LogP contribution is -2.03. The molecule has 4 nitrogen and oxygen atoms in total. The number of alkyl halides is 3. The molecular formula is C6H5F3N2O2S2. The van der Waals surface area contributed by atoms with E-state index < -0.39 is 31.1 Å². The Hall–Kier alpha value is -0.960. The molecule has 84 valence electrons. The maximum absolute atomic E-state index is 12.1. The lowest BCUT2D eigenvalue weighted by molar-refractivity contribution is -0.138. The van der Waals surface area contributed by atoms with Crippen molar-refractivity contribution >= 4 is 21.2 Å². The third-order valence-electron chi connectivity index (χ3n) is 1.25. The molecule has 0 aliphatic rings. The van der Waals surface area contributed by atoms with E-state index in [1.807, 2.05) is 0 Å². The van der Waals surface area contributed by atoms with Crippen LogP contribution in [0.2, 0.25) is 0 Å². The minimum absolute atomic E-state index is 0.00375. The molecular weight excluding hydrogens is 253 g/mol. The zero-order valence-electron chi connectivity index (χ0n) is 7.15. The van der Waals surface area contributed by atoms with Crippen LogP contribution in [0.3, 0.4) is 0 Å². The Kier molecular flexibility index (Phi) is 3.14. The number of hydrogen-bond donors (Lipinski definition) is 0. The maximum atomic E-state index is 12.1. The molecule has 0 bridgehead atoms. The van der Waals surface area contributed by atoms with Gasteiger partial charge in [-0.1, -0.05) is 17.4 Å². The molecule has 0 N–H and O–H groups in total. The Morgan fingerprint density at radius 2 is 2.00 bits per heavy atom. The van der Waals surface area contributed by atoms with Gasteiger partial charge in [0.05, 0.1) is 5.75 Å². The van der Waals surface area contributed by atoms with Crippen LogP contribution < -0.4 is 0 Å². The van der Waals surface area contributed by atoms with Crippen molar-refractivity contribution < 1.29 is 21.6 Å². The molecule has 1 heterocycles. The lowest BCUT2D eigenvalue weighted by atomic mass is 10.7. The van der Waals surface area contributed by atoms with Gasteiger partial charge in [-0.3, -0.25) is 0 Å². The average molecular weight is 258 g/mol. The van der Waals surface area contributed by atoms with Crippen molar-refractivity contribution in [3.05, 3.63) is 17.7 Å². The fourth-order valence-electron chi connectivity index (χ4n) is 0.676. The summed E-state index contributed by atoms with van der Waals surface area (Å²) in [7, 11) is -3.82. The number of sulfone groups is 1. The van der Waals surface area contributed by atoms with Crippen LogP contribution >= 0.6 is 11.3 Å². The van der Waals surface area contributed by atoms with Crippen LogP contribution in [0.1, 0.15) is 5.01 Å². The third kappa shape index (κ3) is 2.75. The first-order valence-corrected chi connectivity index (χ1v) is 5.98. The summed E-state index contributed by atoms with van der Waals surface area (Å²) < 4.78 is 58.0. The van der Waals surface area contributed by atoms with Crippen molar-refractivity contribution in [2.45, 2.75) is 10.5 Å². The van der Waals surface area contributed by atoms with E-state index >= 15 is 0 Å². The first kappa shape index (κ1) is 12.1. The monoisotopic (exact) mass is 258 g/mol. The van der Waals surface area contributed by atoms with E-state index in [2.05, 4.69) is 16.8 Å². The van der Waals surface area contributed by atoms with Gasteiger partial charge in [0.1, 0.15) is 0 Å². The van der Waals surface area contributed by atoms with Crippen molar-refractivity contribution in [1.82, 2.24) is 10.2 Å². The molecule has 0 aromatic carbocycles. The summed E-state index contributed by atoms with van der Waals surface area (Å²) in [4.78, 5) is 0. The third-order valence-corrected chi connectivity index (χ3v) is 4.32. The highest BCUT2D eigenvalue weighted by Crippen LogP contribution is 2.32. The standard InChI is InChI=1S/C6H5F3N2O2S2/c1-2-3-15(12,13)5-11-10-4(14-5)6(7,8)9/h2H,1,3H2. The minimum Gasteiger partial charge on any atom is -0.221 e. The van der Waals surface area contributed by atoms with E-state index in [0.29, 0.717) is 0 Å².